The van der Waals surface area contributed by atoms with Gasteiger partial charge in [0.25, 0.3) is 5.69 Å². The Morgan fingerprint density at radius 2 is 1.90 bits per heavy atom. The first-order valence-electron chi connectivity index (χ1n) is 6.44. The molecule has 2 aromatic rings. The van der Waals surface area contributed by atoms with Crippen molar-refractivity contribution < 1.29 is 9.66 Å². The molecule has 1 aliphatic heterocycles. The van der Waals surface area contributed by atoms with Crippen LogP contribution in [-0.4, -0.2) is 11.5 Å². The van der Waals surface area contributed by atoms with E-state index in [-0.39, 0.29) is 11.9 Å². The van der Waals surface area contributed by atoms with E-state index in [9.17, 15) is 10.1 Å². The van der Waals surface area contributed by atoms with Crippen LogP contribution in [0.1, 0.15) is 17.4 Å². The fourth-order valence-corrected chi connectivity index (χ4v) is 2.34. The third kappa shape index (κ3) is 2.48. The Morgan fingerprint density at radius 3 is 2.65 bits per heavy atom. The topological polar surface area (TPSA) is 64.4 Å². The Labute approximate surface area is 116 Å². The number of nitrogens with one attached hydrogen (secondary N) is 1. The summed E-state index contributed by atoms with van der Waals surface area (Å²) in [5.74, 6) is 0. The molecule has 0 aromatic heterocycles. The molecule has 0 saturated heterocycles. The number of ether oxygens (including phenoxy) is 1. The van der Waals surface area contributed by atoms with Gasteiger partial charge in [0, 0.05) is 23.4 Å². The molecule has 1 aliphatic rings. The zero-order valence-corrected chi connectivity index (χ0v) is 10.8. The number of nitrogens with zero attached hydrogens (tertiary/aromatic N) is 1. The zero-order valence-electron chi connectivity index (χ0n) is 10.8. The molecule has 3 rings (SSSR count). The molecule has 102 valence electrons. The first-order chi connectivity index (χ1) is 9.74. The molecular formula is C15H14N2O3. The number of nitro benzene ring substituents is 1. The molecule has 5 heteroatoms. The Balaban J connectivity index is 1.80. The molecule has 1 heterocycles. The van der Waals surface area contributed by atoms with E-state index < -0.39 is 4.92 Å². The van der Waals surface area contributed by atoms with Crippen molar-refractivity contribution in [3.63, 3.8) is 0 Å². The monoisotopic (exact) mass is 270 g/mol. The van der Waals surface area contributed by atoms with E-state index in [1.165, 1.54) is 17.7 Å². The highest BCUT2D eigenvalue weighted by molar-refractivity contribution is 5.50. The van der Waals surface area contributed by atoms with E-state index in [1.807, 2.05) is 18.2 Å². The summed E-state index contributed by atoms with van der Waals surface area (Å²) in [5.41, 5.74) is 3.29. The number of anilines is 1. The van der Waals surface area contributed by atoms with E-state index in [4.69, 9.17) is 4.74 Å². The largest absolute Gasteiger partial charge is 0.356 e. The fraction of sp³-hybridized carbons (Fsp3) is 0.200. The molecule has 1 unspecified atom stereocenters. The molecule has 0 amide bonds. The lowest BCUT2D eigenvalue weighted by Gasteiger charge is -2.27. The van der Waals surface area contributed by atoms with Crippen LogP contribution in [0, 0.1) is 10.1 Å². The average molecular weight is 270 g/mol. The number of benzene rings is 2. The Kier molecular flexibility index (Phi) is 3.35. The standard InChI is InChI=1S/C15H14N2O3/c18-17(19)13-7-5-12(6-8-13)16-15-14-4-2-1-3-11(14)9-10-20-15/h1-8,15-16H,9-10H2. The second-order valence-electron chi connectivity index (χ2n) is 4.65. The summed E-state index contributed by atoms with van der Waals surface area (Å²) >= 11 is 0. The number of hydrogen-bond acceptors (Lipinski definition) is 4. The van der Waals surface area contributed by atoms with Gasteiger partial charge < -0.3 is 10.1 Å². The first kappa shape index (κ1) is 12.6. The van der Waals surface area contributed by atoms with Gasteiger partial charge in [0.1, 0.15) is 0 Å². The minimum Gasteiger partial charge on any atom is -0.356 e. The predicted molar refractivity (Wildman–Crippen MR) is 75.6 cm³/mol. The van der Waals surface area contributed by atoms with Crippen molar-refractivity contribution in [2.24, 2.45) is 0 Å². The van der Waals surface area contributed by atoms with Gasteiger partial charge in [0.15, 0.2) is 6.23 Å². The normalized spacial score (nSPS) is 17.3. The fourth-order valence-electron chi connectivity index (χ4n) is 2.34. The molecule has 0 aliphatic carbocycles. The van der Waals surface area contributed by atoms with E-state index in [2.05, 4.69) is 11.4 Å². The smallest absolute Gasteiger partial charge is 0.269 e. The first-order valence-corrected chi connectivity index (χ1v) is 6.44. The van der Waals surface area contributed by atoms with Crippen LogP contribution in [0.25, 0.3) is 0 Å². The Morgan fingerprint density at radius 1 is 1.15 bits per heavy atom. The highest BCUT2D eigenvalue weighted by Gasteiger charge is 2.20. The summed E-state index contributed by atoms with van der Waals surface area (Å²) in [7, 11) is 0. The highest BCUT2D eigenvalue weighted by Crippen LogP contribution is 2.28. The Bertz CT molecular complexity index is 625. The van der Waals surface area contributed by atoms with Gasteiger partial charge in [0.2, 0.25) is 0 Å². The number of hydrogen-bond donors (Lipinski definition) is 1. The summed E-state index contributed by atoms with van der Waals surface area (Å²) < 4.78 is 5.74. The van der Waals surface area contributed by atoms with Crippen LogP contribution in [0.4, 0.5) is 11.4 Å². The molecular weight excluding hydrogens is 256 g/mol. The van der Waals surface area contributed by atoms with Crippen LogP contribution in [-0.2, 0) is 11.2 Å². The molecule has 0 spiro atoms. The number of rotatable bonds is 3. The second-order valence-corrected chi connectivity index (χ2v) is 4.65. The zero-order chi connectivity index (χ0) is 13.9. The van der Waals surface area contributed by atoms with E-state index in [0.717, 1.165) is 17.7 Å². The number of non-ortho nitro benzene ring substituents is 1. The van der Waals surface area contributed by atoms with Crippen molar-refractivity contribution in [2.45, 2.75) is 12.6 Å². The molecule has 1 N–H and O–H groups in total. The molecule has 1 atom stereocenters. The van der Waals surface area contributed by atoms with Gasteiger partial charge >= 0.3 is 0 Å². The van der Waals surface area contributed by atoms with Crippen LogP contribution < -0.4 is 5.32 Å². The highest BCUT2D eigenvalue weighted by atomic mass is 16.6. The number of nitro groups is 1. The van der Waals surface area contributed by atoms with Gasteiger partial charge in [-0.15, -0.1) is 0 Å². The summed E-state index contributed by atoms with van der Waals surface area (Å²) in [5, 5.41) is 13.9. The van der Waals surface area contributed by atoms with Crippen LogP contribution in [0.3, 0.4) is 0 Å². The second kappa shape index (κ2) is 5.30. The lowest BCUT2D eigenvalue weighted by atomic mass is 10.0. The van der Waals surface area contributed by atoms with Crippen LogP contribution in [0.5, 0.6) is 0 Å². The third-order valence-corrected chi connectivity index (χ3v) is 3.37. The van der Waals surface area contributed by atoms with Crippen LogP contribution in [0.2, 0.25) is 0 Å². The molecule has 0 fully saturated rings. The van der Waals surface area contributed by atoms with Crippen molar-refractivity contribution in [3.05, 3.63) is 69.8 Å². The number of fused-ring (bicyclic) bond motifs is 1. The summed E-state index contributed by atoms with van der Waals surface area (Å²) in [6.45, 7) is 0.668. The summed E-state index contributed by atoms with van der Waals surface area (Å²) in [4.78, 5) is 10.2. The minimum atomic E-state index is -0.407. The molecule has 0 saturated carbocycles. The van der Waals surface area contributed by atoms with Crippen molar-refractivity contribution in [2.75, 3.05) is 11.9 Å². The maximum absolute atomic E-state index is 10.6. The van der Waals surface area contributed by atoms with Crippen molar-refractivity contribution in [1.29, 1.82) is 0 Å². The molecule has 0 bridgehead atoms. The SMILES string of the molecule is O=[N+]([O-])c1ccc(NC2OCCc3ccccc32)cc1. The van der Waals surface area contributed by atoms with Gasteiger partial charge in [-0.3, -0.25) is 10.1 Å². The maximum Gasteiger partial charge on any atom is 0.269 e. The van der Waals surface area contributed by atoms with Crippen molar-refractivity contribution in [1.82, 2.24) is 0 Å². The van der Waals surface area contributed by atoms with Gasteiger partial charge in [0.05, 0.1) is 11.5 Å². The summed E-state index contributed by atoms with van der Waals surface area (Å²) in [6.07, 6.45) is 0.704. The van der Waals surface area contributed by atoms with Crippen LogP contribution >= 0.6 is 0 Å². The van der Waals surface area contributed by atoms with Crippen molar-refractivity contribution in [3.8, 4) is 0 Å². The lowest BCUT2D eigenvalue weighted by molar-refractivity contribution is -0.384. The van der Waals surface area contributed by atoms with E-state index >= 15 is 0 Å². The van der Waals surface area contributed by atoms with E-state index in [0.29, 0.717) is 6.61 Å². The molecule has 5 nitrogen and oxygen atoms in total. The van der Waals surface area contributed by atoms with Gasteiger partial charge in [-0.1, -0.05) is 24.3 Å². The maximum atomic E-state index is 10.6. The van der Waals surface area contributed by atoms with Crippen molar-refractivity contribution >= 4 is 11.4 Å². The summed E-state index contributed by atoms with van der Waals surface area (Å²) in [6, 6.07) is 14.5. The van der Waals surface area contributed by atoms with Gasteiger partial charge in [-0.2, -0.15) is 0 Å². The van der Waals surface area contributed by atoms with E-state index in [1.54, 1.807) is 12.1 Å². The van der Waals surface area contributed by atoms with Crippen LogP contribution in [0.15, 0.2) is 48.5 Å². The minimum absolute atomic E-state index is 0.0838. The predicted octanol–water partition coefficient (Wildman–Crippen LogP) is 3.28. The Hall–Kier alpha value is -2.40. The van der Waals surface area contributed by atoms with Gasteiger partial charge in [-0.25, -0.2) is 0 Å². The molecule has 0 radical (unpaired) electrons. The third-order valence-electron chi connectivity index (χ3n) is 3.37. The molecule has 2 aromatic carbocycles. The molecule has 20 heavy (non-hydrogen) atoms. The lowest BCUT2D eigenvalue weighted by Crippen LogP contribution is -2.22. The average Bonchev–Trinajstić information content (AvgIpc) is 2.48. The quantitative estimate of drug-likeness (QED) is 0.686. The van der Waals surface area contributed by atoms with Gasteiger partial charge in [-0.05, 0) is 24.1 Å².